The third-order valence-electron chi connectivity index (χ3n) is 17.2. The highest BCUT2D eigenvalue weighted by Crippen LogP contribution is 2.29. The third kappa shape index (κ3) is 22.3. The fraction of sp³-hybridized carbons (Fsp3) is 0.0526. The molecule has 21 aromatic rings. The molecule has 21 rings (SSSR count). The van der Waals surface area contributed by atoms with Gasteiger partial charge in [0, 0.05) is 129 Å². The van der Waals surface area contributed by atoms with Crippen LogP contribution in [0.4, 0.5) is 63.9 Å². The summed E-state index contributed by atoms with van der Waals surface area (Å²) >= 11 is 0. The van der Waals surface area contributed by atoms with Crippen molar-refractivity contribution in [2.24, 2.45) is 11.5 Å². The van der Waals surface area contributed by atoms with Crippen molar-refractivity contribution < 1.29 is 29.0 Å². The summed E-state index contributed by atoms with van der Waals surface area (Å²) in [4.78, 5) is 80.8. The van der Waals surface area contributed by atoms with Crippen LogP contribution in [0.2, 0.25) is 0 Å². The van der Waals surface area contributed by atoms with Gasteiger partial charge in [0.2, 0.25) is 17.8 Å². The number of nitrogens with two attached hydrogens (primary N) is 8. The molecule has 4 aromatic carbocycles. The lowest BCUT2D eigenvalue weighted by atomic mass is 10.0. The Balaban J connectivity index is 0.000000120. The van der Waals surface area contributed by atoms with Gasteiger partial charge < -0.3 is 92.8 Å². The molecule has 17 aromatic heterocycles. The van der Waals surface area contributed by atoms with Crippen LogP contribution in [-0.2, 0) is 0 Å². The smallest absolute Gasteiger partial charge is 0.324 e. The number of hydrogen-bond acceptors (Lipinski definition) is 44. The van der Waals surface area contributed by atoms with E-state index in [0.29, 0.717) is 151 Å². The summed E-state index contributed by atoms with van der Waals surface area (Å²) in [6, 6.07) is 35.0. The molecule has 17 heterocycles. The van der Waals surface area contributed by atoms with Gasteiger partial charge in [-0.15, -0.1) is 30.6 Å². The quantitative estimate of drug-likeness (QED) is 0.0646. The molecule has 0 aliphatic rings. The van der Waals surface area contributed by atoms with Gasteiger partial charge in [-0.2, -0.15) is 5.10 Å². The topological polar surface area (TPSA) is 801 Å². The van der Waals surface area contributed by atoms with Crippen LogP contribution in [0.5, 0.6) is 0 Å². The number of fused-ring (bicyclic) bond motifs is 9. The maximum absolute atomic E-state index is 11.9. The number of anilines is 10. The first kappa shape index (κ1) is 85.8. The summed E-state index contributed by atoms with van der Waals surface area (Å²) in [5, 5.41) is 117. The Hall–Kier alpha value is -19.6. The molecular weight excluding hydrogens is 1670 g/mol. The molecule has 0 unspecified atom stereocenters. The van der Waals surface area contributed by atoms with Gasteiger partial charge in [0.25, 0.3) is 57.3 Å². The zero-order valence-electron chi connectivity index (χ0n) is 66.5. The highest BCUT2D eigenvalue weighted by molar-refractivity contribution is 6.00. The minimum atomic E-state index is -0.440. The number of carbonyl (C=O) groups excluding carboxylic acids is 1. The van der Waals surface area contributed by atoms with Crippen molar-refractivity contribution in [1.82, 2.24) is 151 Å². The van der Waals surface area contributed by atoms with Crippen LogP contribution in [-0.4, -0.2) is 183 Å². The molecule has 22 N–H and O–H groups in total. The standard InChI is InChI=1S/C14H10N6O.C12H10N8O.C12H9N5O.C10H8N6O.C8H10N6O.C8H10N6.C6H5N5O.C6H5N5/c15-14-18-11-2-1-8(7-12(11)20(21)19-14)9-3-5-16-13-10(9)4-6-17-13;13-11-17-9-5-7(1-2-8(9)19-20-11)16-12(21)18-10-6-14-3-4-15-10;13-12-15-10-2-1-9(7-11(10)17(18)16-12)8-3-5-14-6-4-8;11-10-14-8-2-1-6(7-4-12-13-5-7)3-9(8)16(17)15-10;9-2-4-11-8-12-6-1-3-10-5-7(6)14(15)13-8;9-2-4-11-8-12-6-1-3-10-5-7(6)13-14-8;7-6-9-4-1-2-8-3-5(4)11(12)10-6;7-6-9-4-1-2-8-3-5(4)10-11-6/h1-7H,(H,16,17)(H2,15,18,19);1-6H,(H2,13,17,20)(H2,15,16,18,21);1-7H,(H2,13,15,16);1-5H,(H,12,13)(H2,11,14,15);1,3,5H,2,4,9H2,(H,11,12,13);1,3,5H,2,4,9H2,(H,11,12,14);1-3H,(H2,7,9,10);1-3H,(H2,7,9,11). The van der Waals surface area contributed by atoms with Gasteiger partial charge in [0.05, 0.1) is 66.8 Å². The Kier molecular flexibility index (Phi) is 27.0. The number of nitrogens with zero attached hydrogens (tertiary/aromatic N) is 33. The van der Waals surface area contributed by atoms with Crippen molar-refractivity contribution in [3.05, 3.63) is 253 Å². The number of amides is 2. The maximum Gasteiger partial charge on any atom is 0.324 e. The third-order valence-corrected chi connectivity index (χ3v) is 17.2. The molecule has 53 heteroatoms. The number of urea groups is 1. The second-order valence-electron chi connectivity index (χ2n) is 25.8. The Morgan fingerprint density at radius 2 is 0.814 bits per heavy atom. The second-order valence-corrected chi connectivity index (χ2v) is 25.8. The van der Waals surface area contributed by atoms with E-state index in [4.69, 9.17) is 45.9 Å². The number of rotatable bonds is 11. The molecule has 0 saturated carbocycles. The minimum absolute atomic E-state index is 0.0332. The van der Waals surface area contributed by atoms with Crippen LogP contribution in [0.25, 0.3) is 133 Å². The van der Waals surface area contributed by atoms with E-state index in [1.54, 1.807) is 141 Å². The predicted octanol–water partition coefficient (Wildman–Crippen LogP) is 1.63. The van der Waals surface area contributed by atoms with E-state index in [0.717, 1.165) is 49.9 Å². The molecule has 129 heavy (non-hydrogen) atoms. The van der Waals surface area contributed by atoms with Crippen LogP contribution in [0.3, 0.4) is 0 Å². The average Bonchev–Trinajstić information content (AvgIpc) is 1.77. The van der Waals surface area contributed by atoms with Crippen LogP contribution >= 0.6 is 0 Å². The largest absolute Gasteiger partial charge is 0.594 e. The lowest BCUT2D eigenvalue weighted by molar-refractivity contribution is -0.641. The Morgan fingerprint density at radius 3 is 1.39 bits per heavy atom. The number of aromatic amines is 2. The SMILES string of the molecule is NCCNc1nc2ccncc2[n+]([O-])n1.NCCNc1nnc2cnccc2n1.Nc1nc2ccc(-c3ccnc4[nH]ccc34)cc2[n+]([O-])n1.Nc1nc2ccc(-c3ccncc3)cc2[n+]([O-])n1.Nc1nc2ccc(-c3cn[nH]c3)cc2[n+]([O-])n1.Nc1nc2ccncc2[n+]([O-])n1.Nc1nnc2ccc(NC(=O)Nc3cnccn3)cc2n1.Nc1nnc2cnccc2n1. The number of H-pyrrole nitrogens is 2. The highest BCUT2D eigenvalue weighted by Gasteiger charge is 2.18. The maximum atomic E-state index is 11.9. The predicted molar refractivity (Wildman–Crippen MR) is 468 cm³/mol. The summed E-state index contributed by atoms with van der Waals surface area (Å²) in [7, 11) is 0. The zero-order chi connectivity index (χ0) is 90.1. The summed E-state index contributed by atoms with van der Waals surface area (Å²) in [6.07, 6.45) is 27.3. The fourth-order valence-electron chi connectivity index (χ4n) is 11.5. The van der Waals surface area contributed by atoms with Crippen molar-refractivity contribution in [3.63, 3.8) is 0 Å². The summed E-state index contributed by atoms with van der Waals surface area (Å²) in [5.74, 6) is 1.23. The fourth-order valence-corrected chi connectivity index (χ4v) is 11.5. The molecule has 642 valence electrons. The molecule has 0 atom stereocenters. The van der Waals surface area contributed by atoms with E-state index in [1.165, 1.54) is 37.2 Å². The van der Waals surface area contributed by atoms with Gasteiger partial charge in [0.1, 0.15) is 62.2 Å². The van der Waals surface area contributed by atoms with Crippen molar-refractivity contribution in [3.8, 4) is 33.4 Å². The molecule has 0 saturated heterocycles. The van der Waals surface area contributed by atoms with Crippen molar-refractivity contribution in [2.45, 2.75) is 0 Å². The van der Waals surface area contributed by atoms with Crippen LogP contribution in [0.1, 0.15) is 0 Å². The van der Waals surface area contributed by atoms with Crippen LogP contribution in [0, 0.1) is 26.0 Å². The highest BCUT2D eigenvalue weighted by atomic mass is 16.5. The van der Waals surface area contributed by atoms with Gasteiger partial charge >= 0.3 is 6.03 Å². The number of nitrogens with one attached hydrogen (secondary N) is 6. The van der Waals surface area contributed by atoms with Gasteiger partial charge in [-0.25, -0.2) is 54.6 Å². The van der Waals surface area contributed by atoms with Crippen LogP contribution in [0.15, 0.2) is 227 Å². The molecule has 53 nitrogen and oxygen atoms in total. The van der Waals surface area contributed by atoms with Crippen LogP contribution < -0.4 is 91.4 Å². The second kappa shape index (κ2) is 40.6. The number of pyridine rings is 6. The molecule has 0 aliphatic heterocycles. The van der Waals surface area contributed by atoms with E-state index >= 15 is 0 Å². The Morgan fingerprint density at radius 1 is 0.349 bits per heavy atom. The van der Waals surface area contributed by atoms with Crippen molar-refractivity contribution in [2.75, 3.05) is 81.8 Å². The minimum Gasteiger partial charge on any atom is -0.594 e. The molecule has 0 spiro atoms. The molecular formula is C76H67N47O6. The van der Waals surface area contributed by atoms with Gasteiger partial charge in [-0.05, 0) is 137 Å². The van der Waals surface area contributed by atoms with E-state index in [2.05, 4.69) is 172 Å². The summed E-state index contributed by atoms with van der Waals surface area (Å²) in [6.45, 7) is 2.16. The number of carbonyl (C=O) groups is 1. The van der Waals surface area contributed by atoms with Gasteiger partial charge in [-0.1, -0.05) is 18.2 Å². The number of aromatic nitrogens is 35. The monoisotopic (exact) mass is 1730 g/mol. The molecule has 2 amide bonds. The molecule has 0 fully saturated rings. The van der Waals surface area contributed by atoms with Crippen molar-refractivity contribution in [1.29, 1.82) is 0 Å². The lowest BCUT2D eigenvalue weighted by Gasteiger charge is -2.07. The average molecular weight is 1730 g/mol. The van der Waals surface area contributed by atoms with E-state index in [9.17, 15) is 30.8 Å². The Bertz CT molecular complexity index is 7480. The summed E-state index contributed by atoms with van der Waals surface area (Å²) < 4.78 is 0. The van der Waals surface area contributed by atoms with E-state index in [1.807, 2.05) is 48.7 Å². The van der Waals surface area contributed by atoms with Gasteiger partial charge in [0.15, 0.2) is 5.82 Å². The first-order valence-electron chi connectivity index (χ1n) is 37.5. The lowest BCUT2D eigenvalue weighted by Crippen LogP contribution is -2.34. The van der Waals surface area contributed by atoms with E-state index in [-0.39, 0.29) is 41.6 Å². The first-order chi connectivity index (χ1) is 62.7. The molecule has 0 aliphatic carbocycles. The van der Waals surface area contributed by atoms with Crippen molar-refractivity contribution >= 4 is 164 Å². The number of benzene rings is 4. The molecule has 0 bridgehead atoms. The zero-order valence-corrected chi connectivity index (χ0v) is 66.5. The normalized spacial score (nSPS) is 10.6. The summed E-state index contributed by atoms with van der Waals surface area (Å²) in [5.41, 5.74) is 58.2. The number of hydrogen-bond donors (Lipinski definition) is 14. The number of nitrogen functional groups attached to an aromatic ring is 6. The molecule has 0 radical (unpaired) electrons. The Labute approximate surface area is 720 Å². The van der Waals surface area contributed by atoms with Gasteiger partial charge in [-0.3, -0.25) is 40.3 Å². The van der Waals surface area contributed by atoms with E-state index < -0.39 is 6.03 Å². The first-order valence-corrected chi connectivity index (χ1v) is 37.5.